The number of hydrogen-bond donors (Lipinski definition) is 4. The van der Waals surface area contributed by atoms with Crippen molar-refractivity contribution in [1.29, 1.82) is 0 Å². The molecule has 2 aliphatic heterocycles. The number of rotatable bonds is 6. The lowest BCUT2D eigenvalue weighted by molar-refractivity contribution is -0.140. The van der Waals surface area contributed by atoms with E-state index in [4.69, 9.17) is 5.73 Å². The summed E-state index contributed by atoms with van der Waals surface area (Å²) in [6.45, 7) is 0.414. The molecular weight excluding hydrogens is 340 g/mol. The van der Waals surface area contributed by atoms with E-state index < -0.39 is 29.9 Å². The molecule has 140 valence electrons. The van der Waals surface area contributed by atoms with Crippen LogP contribution in [-0.2, 0) is 25.6 Å². The molecule has 0 aromatic carbocycles. The summed E-state index contributed by atoms with van der Waals surface area (Å²) in [7, 11) is 0. The van der Waals surface area contributed by atoms with Crippen LogP contribution in [0.25, 0.3) is 0 Å². The number of carbonyl (C=O) groups excluding carboxylic acids is 4. The van der Waals surface area contributed by atoms with Gasteiger partial charge in [0.1, 0.15) is 23.9 Å². The van der Waals surface area contributed by atoms with Gasteiger partial charge in [0, 0.05) is 31.8 Å². The van der Waals surface area contributed by atoms with Gasteiger partial charge < -0.3 is 26.3 Å². The number of amides is 4. The molecule has 0 saturated carbocycles. The third-order valence-electron chi connectivity index (χ3n) is 4.74. The minimum atomic E-state index is -0.897. The molecule has 3 heterocycles. The Labute approximate surface area is 149 Å². The van der Waals surface area contributed by atoms with Crippen molar-refractivity contribution in [2.45, 2.75) is 50.2 Å². The van der Waals surface area contributed by atoms with Crippen LogP contribution >= 0.6 is 0 Å². The van der Waals surface area contributed by atoms with Crippen LogP contribution < -0.4 is 16.4 Å². The van der Waals surface area contributed by atoms with Crippen LogP contribution in [0.15, 0.2) is 12.4 Å². The normalized spacial score (nSPS) is 23.5. The maximum atomic E-state index is 13.0. The Kier molecular flexibility index (Phi) is 5.19. The molecule has 5 N–H and O–H groups in total. The van der Waals surface area contributed by atoms with Crippen LogP contribution in [0.5, 0.6) is 0 Å². The number of likely N-dealkylation sites (tertiary alicyclic amines) is 1. The molecule has 4 amide bonds. The van der Waals surface area contributed by atoms with E-state index in [0.29, 0.717) is 31.6 Å². The van der Waals surface area contributed by atoms with E-state index >= 15 is 0 Å². The topological polar surface area (TPSA) is 150 Å². The van der Waals surface area contributed by atoms with E-state index in [1.807, 2.05) is 0 Å². The van der Waals surface area contributed by atoms with Crippen LogP contribution in [0.2, 0.25) is 0 Å². The second kappa shape index (κ2) is 7.54. The third-order valence-corrected chi connectivity index (χ3v) is 4.74. The molecule has 0 spiro atoms. The van der Waals surface area contributed by atoms with Crippen LogP contribution in [0, 0.1) is 0 Å². The van der Waals surface area contributed by atoms with Crippen molar-refractivity contribution in [3.8, 4) is 0 Å². The highest BCUT2D eigenvalue weighted by molar-refractivity contribution is 5.95. The lowest BCUT2D eigenvalue weighted by atomic mass is 10.1. The molecule has 0 radical (unpaired) electrons. The highest BCUT2D eigenvalue weighted by Crippen LogP contribution is 2.19. The molecule has 1 aromatic rings. The minimum Gasteiger partial charge on any atom is -0.368 e. The molecule has 2 fully saturated rings. The lowest BCUT2D eigenvalue weighted by Gasteiger charge is -2.28. The van der Waals surface area contributed by atoms with Gasteiger partial charge in [0.05, 0.1) is 0 Å². The summed E-state index contributed by atoms with van der Waals surface area (Å²) in [5.74, 6) is -1.00. The second-order valence-corrected chi connectivity index (χ2v) is 6.55. The first-order valence-electron chi connectivity index (χ1n) is 8.63. The molecule has 3 rings (SSSR count). The second-order valence-electron chi connectivity index (χ2n) is 6.55. The van der Waals surface area contributed by atoms with Gasteiger partial charge in [-0.3, -0.25) is 19.2 Å². The van der Waals surface area contributed by atoms with E-state index in [1.165, 1.54) is 4.90 Å². The molecule has 0 bridgehead atoms. The zero-order chi connectivity index (χ0) is 18.7. The summed E-state index contributed by atoms with van der Waals surface area (Å²) in [5.41, 5.74) is 5.39. The number of nitrogens with zero attached hydrogens (tertiary/aromatic N) is 2. The molecule has 0 unspecified atom stereocenters. The Bertz CT molecular complexity index is 704. The number of nitrogens with two attached hydrogens (primary N) is 1. The first-order chi connectivity index (χ1) is 12.5. The predicted molar refractivity (Wildman–Crippen MR) is 89.3 cm³/mol. The lowest BCUT2D eigenvalue weighted by Crippen LogP contribution is -2.56. The van der Waals surface area contributed by atoms with E-state index in [1.54, 1.807) is 12.4 Å². The summed E-state index contributed by atoms with van der Waals surface area (Å²) in [5, 5.41) is 5.28. The maximum absolute atomic E-state index is 13.0. The van der Waals surface area contributed by atoms with Crippen LogP contribution in [-0.4, -0.2) is 63.2 Å². The van der Waals surface area contributed by atoms with Crippen molar-refractivity contribution >= 4 is 23.6 Å². The zero-order valence-electron chi connectivity index (χ0n) is 14.2. The largest absolute Gasteiger partial charge is 0.368 e. The number of carbonyl (C=O) groups is 4. The molecule has 26 heavy (non-hydrogen) atoms. The number of hydrogen-bond acceptors (Lipinski definition) is 5. The van der Waals surface area contributed by atoms with Crippen molar-refractivity contribution in [1.82, 2.24) is 25.5 Å². The summed E-state index contributed by atoms with van der Waals surface area (Å²) in [6.07, 6.45) is 5.20. The van der Waals surface area contributed by atoms with Gasteiger partial charge in [-0.25, -0.2) is 4.98 Å². The fraction of sp³-hybridized carbons (Fsp3) is 0.562. The summed E-state index contributed by atoms with van der Waals surface area (Å²) >= 11 is 0. The quantitative estimate of drug-likeness (QED) is 0.470. The van der Waals surface area contributed by atoms with Crippen molar-refractivity contribution < 1.29 is 19.2 Å². The van der Waals surface area contributed by atoms with E-state index in [-0.39, 0.29) is 24.7 Å². The van der Waals surface area contributed by atoms with Crippen molar-refractivity contribution in [2.75, 3.05) is 6.54 Å². The first-order valence-corrected chi connectivity index (χ1v) is 8.63. The van der Waals surface area contributed by atoms with Gasteiger partial charge in [0.2, 0.25) is 23.6 Å². The minimum absolute atomic E-state index is 0.153. The Balaban J connectivity index is 1.74. The van der Waals surface area contributed by atoms with Crippen LogP contribution in [0.3, 0.4) is 0 Å². The predicted octanol–water partition coefficient (Wildman–Crippen LogP) is -1.81. The average molecular weight is 362 g/mol. The maximum Gasteiger partial charge on any atom is 0.246 e. The number of imidazole rings is 1. The van der Waals surface area contributed by atoms with Gasteiger partial charge in [0.25, 0.3) is 0 Å². The van der Waals surface area contributed by atoms with Gasteiger partial charge in [-0.1, -0.05) is 0 Å². The van der Waals surface area contributed by atoms with Crippen LogP contribution in [0.4, 0.5) is 0 Å². The Morgan fingerprint density at radius 3 is 2.81 bits per heavy atom. The highest BCUT2D eigenvalue weighted by Gasteiger charge is 2.38. The SMILES string of the molecule is NC(=O)[C@@H]1CCCN1C(=O)[C@H](Cc1ncc[nH]1)NC(=O)[C@@H]1CCC(=O)N1. The zero-order valence-corrected chi connectivity index (χ0v) is 14.2. The molecule has 2 saturated heterocycles. The van der Waals surface area contributed by atoms with Crippen molar-refractivity contribution in [2.24, 2.45) is 5.73 Å². The summed E-state index contributed by atoms with van der Waals surface area (Å²) in [6, 6.07) is -2.21. The molecular formula is C16H22N6O4. The smallest absolute Gasteiger partial charge is 0.246 e. The molecule has 10 heteroatoms. The monoisotopic (exact) mass is 362 g/mol. The fourth-order valence-electron chi connectivity index (χ4n) is 3.41. The number of nitrogens with one attached hydrogen (secondary N) is 3. The van der Waals surface area contributed by atoms with Gasteiger partial charge >= 0.3 is 0 Å². The van der Waals surface area contributed by atoms with Gasteiger partial charge in [-0.15, -0.1) is 0 Å². The summed E-state index contributed by atoms with van der Waals surface area (Å²) in [4.78, 5) is 56.8. The van der Waals surface area contributed by atoms with E-state index in [9.17, 15) is 19.2 Å². The third kappa shape index (κ3) is 3.84. The van der Waals surface area contributed by atoms with Gasteiger partial charge in [0.15, 0.2) is 0 Å². The molecule has 2 aliphatic rings. The molecule has 1 aromatic heterocycles. The van der Waals surface area contributed by atoms with Crippen molar-refractivity contribution in [3.63, 3.8) is 0 Å². The number of aromatic nitrogens is 2. The first kappa shape index (κ1) is 17.9. The van der Waals surface area contributed by atoms with Crippen molar-refractivity contribution in [3.05, 3.63) is 18.2 Å². The Hall–Kier alpha value is -2.91. The molecule has 10 nitrogen and oxygen atoms in total. The number of H-pyrrole nitrogens is 1. The Morgan fingerprint density at radius 2 is 2.19 bits per heavy atom. The standard InChI is InChI=1S/C16H22N6O4/c17-14(24)11-2-1-7-22(11)16(26)10(8-12-18-5-6-19-12)21-15(25)9-3-4-13(23)20-9/h5-6,9-11H,1-4,7-8H2,(H2,17,24)(H,18,19)(H,20,23)(H,21,25)/t9-,10-,11-/m0/s1. The number of primary amides is 1. The molecule has 0 aliphatic carbocycles. The Morgan fingerprint density at radius 1 is 1.38 bits per heavy atom. The van der Waals surface area contributed by atoms with Gasteiger partial charge in [-0.2, -0.15) is 0 Å². The van der Waals surface area contributed by atoms with E-state index in [0.717, 1.165) is 0 Å². The molecule has 3 atom stereocenters. The fourth-order valence-corrected chi connectivity index (χ4v) is 3.41. The van der Waals surface area contributed by atoms with Crippen LogP contribution in [0.1, 0.15) is 31.5 Å². The van der Waals surface area contributed by atoms with E-state index in [2.05, 4.69) is 20.6 Å². The summed E-state index contributed by atoms with van der Waals surface area (Å²) < 4.78 is 0. The number of aromatic amines is 1. The average Bonchev–Trinajstić information content (AvgIpc) is 3.34. The van der Waals surface area contributed by atoms with Gasteiger partial charge in [-0.05, 0) is 19.3 Å². The highest BCUT2D eigenvalue weighted by atomic mass is 16.2.